The van der Waals surface area contributed by atoms with Crippen LogP contribution in [0.15, 0.2) is 41.8 Å². The molecule has 0 radical (unpaired) electrons. The number of aromatic nitrogens is 6. The van der Waals surface area contributed by atoms with E-state index in [1.807, 2.05) is 43.1 Å². The molecule has 26 heavy (non-hydrogen) atoms. The lowest BCUT2D eigenvalue weighted by molar-refractivity contribution is 0.313. The number of nitrogens with zero attached hydrogens (tertiary/aromatic N) is 6. The molecule has 3 heterocycles. The summed E-state index contributed by atoms with van der Waals surface area (Å²) < 4.78 is 5.62. The van der Waals surface area contributed by atoms with Gasteiger partial charge >= 0.3 is 0 Å². The van der Waals surface area contributed by atoms with Crippen molar-refractivity contribution >= 4 is 34.9 Å². The predicted molar refractivity (Wildman–Crippen MR) is 108 cm³/mol. The first kappa shape index (κ1) is 18.1. The molecule has 0 spiro atoms. The molecule has 1 saturated carbocycles. The molecule has 9 heteroatoms. The van der Waals surface area contributed by atoms with Crippen molar-refractivity contribution in [3.8, 4) is 0 Å². The van der Waals surface area contributed by atoms with Gasteiger partial charge in [0.2, 0.25) is 0 Å². The van der Waals surface area contributed by atoms with E-state index in [9.17, 15) is 0 Å². The molecule has 4 rings (SSSR count). The minimum Gasteiger partial charge on any atom is -0.332 e. The molecule has 1 aliphatic carbocycles. The lowest BCUT2D eigenvalue weighted by Crippen LogP contribution is -2.29. The molecule has 0 N–H and O–H groups in total. The van der Waals surface area contributed by atoms with E-state index in [4.69, 9.17) is 0 Å². The summed E-state index contributed by atoms with van der Waals surface area (Å²) in [7, 11) is 0. The van der Waals surface area contributed by atoms with Gasteiger partial charge in [0.05, 0.1) is 24.7 Å². The maximum Gasteiger partial charge on any atom is 0.174 e. The Morgan fingerprint density at radius 3 is 2.54 bits per heavy atom. The lowest BCUT2D eigenvalue weighted by Gasteiger charge is -2.33. The van der Waals surface area contributed by atoms with E-state index in [0.29, 0.717) is 17.3 Å². The van der Waals surface area contributed by atoms with Crippen molar-refractivity contribution in [1.29, 1.82) is 0 Å². The highest BCUT2D eigenvalue weighted by Gasteiger charge is 2.34. The zero-order chi connectivity index (χ0) is 17.8. The summed E-state index contributed by atoms with van der Waals surface area (Å²) in [6, 6.07) is 0.773. The fourth-order valence-corrected chi connectivity index (χ4v) is 6.47. The van der Waals surface area contributed by atoms with Crippen LogP contribution in [0.5, 0.6) is 0 Å². The first-order chi connectivity index (χ1) is 12.8. The summed E-state index contributed by atoms with van der Waals surface area (Å²) in [4.78, 5) is 8.60. The predicted octanol–water partition coefficient (Wildman–Crippen LogP) is 4.31. The zero-order valence-corrected chi connectivity index (χ0v) is 17.1. The van der Waals surface area contributed by atoms with Crippen molar-refractivity contribution in [2.45, 2.75) is 53.1 Å². The Labute approximate surface area is 165 Å². The third-order valence-electron chi connectivity index (χ3n) is 4.83. The minimum atomic E-state index is 0.368. The van der Waals surface area contributed by atoms with E-state index in [1.165, 1.54) is 25.7 Å². The lowest BCUT2D eigenvalue weighted by atomic mass is 10.0. The average molecular weight is 407 g/mol. The van der Waals surface area contributed by atoms with Gasteiger partial charge in [0.15, 0.2) is 4.34 Å². The van der Waals surface area contributed by atoms with Gasteiger partial charge in [0.25, 0.3) is 0 Å². The highest BCUT2D eigenvalue weighted by atomic mass is 32.2. The highest BCUT2D eigenvalue weighted by molar-refractivity contribution is 8.00. The van der Waals surface area contributed by atoms with Gasteiger partial charge in [0, 0.05) is 35.8 Å². The van der Waals surface area contributed by atoms with Crippen LogP contribution < -0.4 is 0 Å². The molecule has 3 atom stereocenters. The van der Waals surface area contributed by atoms with Crippen molar-refractivity contribution in [3.05, 3.63) is 42.4 Å². The second kappa shape index (κ2) is 8.58. The monoisotopic (exact) mass is 406 g/mol. The fourth-order valence-electron chi connectivity index (χ4n) is 3.66. The van der Waals surface area contributed by atoms with E-state index in [-0.39, 0.29) is 0 Å². The molecular weight excluding hydrogens is 384 g/mol. The molecule has 3 unspecified atom stereocenters. The highest BCUT2D eigenvalue weighted by Crippen LogP contribution is 2.43. The molecule has 0 bridgehead atoms. The van der Waals surface area contributed by atoms with Crippen LogP contribution in [0.4, 0.5) is 0 Å². The molecule has 1 fully saturated rings. The van der Waals surface area contributed by atoms with E-state index in [0.717, 1.165) is 15.1 Å². The molecule has 0 amide bonds. The summed E-state index contributed by atoms with van der Waals surface area (Å²) in [5.74, 6) is 0.921. The Bertz CT molecular complexity index is 785. The van der Waals surface area contributed by atoms with Crippen LogP contribution in [-0.4, -0.2) is 40.8 Å². The van der Waals surface area contributed by atoms with Gasteiger partial charge < -0.3 is 9.13 Å². The Morgan fingerprint density at radius 2 is 1.85 bits per heavy atom. The van der Waals surface area contributed by atoms with Crippen molar-refractivity contribution in [2.24, 2.45) is 0 Å². The van der Waals surface area contributed by atoms with Crippen molar-refractivity contribution < 1.29 is 0 Å². The van der Waals surface area contributed by atoms with E-state index in [2.05, 4.69) is 41.7 Å². The molecule has 0 saturated heterocycles. The van der Waals surface area contributed by atoms with Crippen molar-refractivity contribution in [1.82, 2.24) is 29.3 Å². The van der Waals surface area contributed by atoms with Crippen LogP contribution in [-0.2, 0) is 5.75 Å². The first-order valence-electron chi connectivity index (χ1n) is 8.78. The normalized spacial score (nSPS) is 23.8. The van der Waals surface area contributed by atoms with Crippen LogP contribution in [0.2, 0.25) is 0 Å². The Morgan fingerprint density at radius 1 is 1.08 bits per heavy atom. The second-order valence-corrected chi connectivity index (χ2v) is 9.72. The van der Waals surface area contributed by atoms with Gasteiger partial charge in [-0.25, -0.2) is 9.97 Å². The van der Waals surface area contributed by atoms with E-state index < -0.39 is 0 Å². The molecule has 3 aromatic heterocycles. The van der Waals surface area contributed by atoms with Gasteiger partial charge in [-0.2, -0.15) is 0 Å². The quantitative estimate of drug-likeness (QED) is 0.449. The summed E-state index contributed by atoms with van der Waals surface area (Å²) in [6.45, 7) is 0. The van der Waals surface area contributed by atoms with Gasteiger partial charge in [-0.1, -0.05) is 35.9 Å². The molecule has 138 valence electrons. The average Bonchev–Trinajstić information content (AvgIpc) is 3.41. The summed E-state index contributed by atoms with van der Waals surface area (Å²) in [6.07, 6.45) is 18.8. The largest absolute Gasteiger partial charge is 0.332 e. The smallest absolute Gasteiger partial charge is 0.174 e. The zero-order valence-electron chi connectivity index (χ0n) is 14.6. The van der Waals surface area contributed by atoms with Gasteiger partial charge in [-0.3, -0.25) is 0 Å². The van der Waals surface area contributed by atoms with Crippen LogP contribution in [0, 0.1) is 0 Å². The first-order valence-corrected chi connectivity index (χ1v) is 11.9. The topological polar surface area (TPSA) is 61.4 Å². The molecule has 6 nitrogen and oxygen atoms in total. The van der Waals surface area contributed by atoms with Crippen molar-refractivity contribution in [2.75, 3.05) is 6.26 Å². The summed E-state index contributed by atoms with van der Waals surface area (Å²) >= 11 is 5.39. The van der Waals surface area contributed by atoms with Crippen molar-refractivity contribution in [3.63, 3.8) is 0 Å². The number of hydrogen-bond donors (Lipinski definition) is 0. The van der Waals surface area contributed by atoms with Crippen LogP contribution in [0.3, 0.4) is 0 Å². The Balaban J connectivity index is 1.57. The fraction of sp³-hybridized carbons (Fsp3) is 0.529. The summed E-state index contributed by atoms with van der Waals surface area (Å²) in [5, 5.41) is 10.2. The maximum absolute atomic E-state index is 4.34. The Hall–Kier alpha value is -1.32. The Kier molecular flexibility index (Phi) is 5.96. The minimum absolute atomic E-state index is 0.368. The van der Waals surface area contributed by atoms with Crippen LogP contribution in [0.1, 0.15) is 42.8 Å². The number of hydrogen-bond acceptors (Lipinski definition) is 7. The molecule has 0 aromatic carbocycles. The summed E-state index contributed by atoms with van der Waals surface area (Å²) in [5.41, 5.74) is 0. The van der Waals surface area contributed by atoms with Crippen LogP contribution in [0.25, 0.3) is 0 Å². The molecule has 3 aromatic rings. The molecular formula is C17H22N6S3. The maximum atomic E-state index is 4.34. The van der Waals surface area contributed by atoms with Gasteiger partial charge in [0.1, 0.15) is 5.01 Å². The number of rotatable bonds is 6. The van der Waals surface area contributed by atoms with Crippen LogP contribution >= 0.6 is 34.9 Å². The molecule has 1 aliphatic rings. The standard InChI is InChI=1S/C17H22N6S3/c1-24-17-21-20-15(26-17)10-25-14-5-3-2-4-13(22-8-6-18-11-22)16(14)23-9-7-19-12-23/h6-9,11-14,16H,2-5,10H2,1H3. The third kappa shape index (κ3) is 3.99. The van der Waals surface area contributed by atoms with Gasteiger partial charge in [-0.15, -0.1) is 22.0 Å². The number of thioether (sulfide) groups is 2. The van der Waals surface area contributed by atoms with E-state index in [1.54, 1.807) is 23.1 Å². The third-order valence-corrected chi connectivity index (χ3v) is 8.30. The number of imidazole rings is 2. The molecule has 0 aliphatic heterocycles. The second-order valence-electron chi connectivity index (χ2n) is 6.38. The van der Waals surface area contributed by atoms with E-state index >= 15 is 0 Å². The SMILES string of the molecule is CSc1nnc(CSC2CCCCC(n3ccnc3)C2n2ccnc2)s1. The van der Waals surface area contributed by atoms with Gasteiger partial charge in [-0.05, 0) is 19.1 Å².